The molecule has 7 nitrogen and oxygen atoms in total. The molecule has 0 bridgehead atoms. The molecule has 31 heavy (non-hydrogen) atoms. The molecule has 1 atom stereocenters. The first-order valence-corrected chi connectivity index (χ1v) is 11.8. The van der Waals surface area contributed by atoms with Gasteiger partial charge in [-0.3, -0.25) is 9.10 Å². The van der Waals surface area contributed by atoms with Gasteiger partial charge in [-0.2, -0.15) is 0 Å². The van der Waals surface area contributed by atoms with Crippen molar-refractivity contribution in [3.05, 3.63) is 66.2 Å². The minimum Gasteiger partial charge on any atom is -0.492 e. The number of sulfonamides is 1. The first kappa shape index (κ1) is 21.0. The molecule has 3 aromatic carbocycles. The zero-order valence-corrected chi connectivity index (χ0v) is 18.2. The summed E-state index contributed by atoms with van der Waals surface area (Å²) in [5, 5.41) is 4.97. The lowest BCUT2D eigenvalue weighted by atomic mass is 10.1. The fraction of sp³-hybridized carbons (Fsp3) is 0.261. The normalized spacial score (nSPS) is 15.8. The highest BCUT2D eigenvalue weighted by Crippen LogP contribution is 2.35. The van der Waals surface area contributed by atoms with Crippen LogP contribution >= 0.6 is 0 Å². The van der Waals surface area contributed by atoms with Gasteiger partial charge < -0.3 is 14.8 Å². The second-order valence-corrected chi connectivity index (χ2v) is 9.43. The average Bonchev–Trinajstić information content (AvgIpc) is 2.74. The highest BCUT2D eigenvalue weighted by atomic mass is 32.2. The van der Waals surface area contributed by atoms with E-state index in [-0.39, 0.29) is 25.6 Å². The van der Waals surface area contributed by atoms with Crippen LogP contribution in [-0.2, 0) is 14.8 Å². The lowest BCUT2D eigenvalue weighted by Gasteiger charge is -2.34. The Balaban J connectivity index is 1.37. The Morgan fingerprint density at radius 2 is 1.90 bits per heavy atom. The largest absolute Gasteiger partial charge is 0.492 e. The Labute approximate surface area is 181 Å². The van der Waals surface area contributed by atoms with E-state index in [9.17, 15) is 13.2 Å². The summed E-state index contributed by atoms with van der Waals surface area (Å²) in [6.07, 6.45) is 0.179. The molecule has 1 heterocycles. The maximum atomic E-state index is 12.6. The zero-order chi connectivity index (χ0) is 22.0. The third-order valence-corrected chi connectivity index (χ3v) is 6.22. The standard InChI is InChI=1S/C23H24N2O5S/c1-16-7-10-20-21(13-16)30-22(15-25(20)31(2,27)28)23(26)24-11-12-29-19-9-8-17-5-3-4-6-18(17)14-19/h3-10,13-14,22H,11-12,15H2,1-2H3,(H,24,26)/t22-/m0/s1. The molecule has 4 rings (SSSR count). The molecular weight excluding hydrogens is 416 g/mol. The number of nitrogens with one attached hydrogen (secondary N) is 1. The van der Waals surface area contributed by atoms with E-state index >= 15 is 0 Å². The van der Waals surface area contributed by atoms with Gasteiger partial charge in [0.15, 0.2) is 6.10 Å². The van der Waals surface area contributed by atoms with Crippen LogP contribution in [0.3, 0.4) is 0 Å². The van der Waals surface area contributed by atoms with Gasteiger partial charge in [-0.05, 0) is 47.5 Å². The Hall–Kier alpha value is -3.26. The number of carbonyl (C=O) groups is 1. The number of nitrogens with zero attached hydrogens (tertiary/aromatic N) is 1. The van der Waals surface area contributed by atoms with Crippen LogP contribution in [0.15, 0.2) is 60.7 Å². The number of anilines is 1. The minimum absolute atomic E-state index is 0.0771. The molecule has 3 aromatic rings. The van der Waals surface area contributed by atoms with Crippen molar-refractivity contribution in [1.29, 1.82) is 0 Å². The monoisotopic (exact) mass is 440 g/mol. The van der Waals surface area contributed by atoms with Crippen molar-refractivity contribution in [1.82, 2.24) is 5.32 Å². The summed E-state index contributed by atoms with van der Waals surface area (Å²) < 4.78 is 37.2. The summed E-state index contributed by atoms with van der Waals surface area (Å²) >= 11 is 0. The van der Waals surface area contributed by atoms with Crippen molar-refractivity contribution in [2.75, 3.05) is 30.3 Å². The van der Waals surface area contributed by atoms with E-state index in [1.807, 2.05) is 55.5 Å². The maximum Gasteiger partial charge on any atom is 0.263 e. The first-order valence-electron chi connectivity index (χ1n) is 9.95. The van der Waals surface area contributed by atoms with Gasteiger partial charge in [0.05, 0.1) is 25.0 Å². The van der Waals surface area contributed by atoms with Crippen molar-refractivity contribution >= 4 is 32.4 Å². The number of benzene rings is 3. The maximum absolute atomic E-state index is 12.6. The van der Waals surface area contributed by atoms with Crippen LogP contribution in [0.4, 0.5) is 5.69 Å². The van der Waals surface area contributed by atoms with Gasteiger partial charge in [0, 0.05) is 0 Å². The fourth-order valence-corrected chi connectivity index (χ4v) is 4.44. The van der Waals surface area contributed by atoms with Gasteiger partial charge in [-0.25, -0.2) is 8.42 Å². The van der Waals surface area contributed by atoms with Crippen LogP contribution < -0.4 is 19.1 Å². The van der Waals surface area contributed by atoms with E-state index in [1.165, 1.54) is 4.31 Å². The van der Waals surface area contributed by atoms with E-state index in [0.29, 0.717) is 11.4 Å². The highest BCUT2D eigenvalue weighted by molar-refractivity contribution is 7.92. The first-order chi connectivity index (χ1) is 14.8. The molecule has 0 aromatic heterocycles. The summed E-state index contributed by atoms with van der Waals surface area (Å²) in [7, 11) is -3.55. The fourth-order valence-electron chi connectivity index (χ4n) is 3.53. The summed E-state index contributed by atoms with van der Waals surface area (Å²) in [5.74, 6) is 0.710. The molecule has 0 aliphatic carbocycles. The number of hydrogen-bond acceptors (Lipinski definition) is 5. The van der Waals surface area contributed by atoms with Crippen LogP contribution in [0.2, 0.25) is 0 Å². The van der Waals surface area contributed by atoms with Crippen LogP contribution in [-0.4, -0.2) is 46.4 Å². The summed E-state index contributed by atoms with van der Waals surface area (Å²) in [6, 6.07) is 19.0. The molecule has 162 valence electrons. The molecule has 0 unspecified atom stereocenters. The molecule has 1 aliphatic heterocycles. The number of fused-ring (bicyclic) bond motifs is 2. The Morgan fingerprint density at radius 3 is 2.68 bits per heavy atom. The van der Waals surface area contributed by atoms with Crippen LogP contribution in [0.1, 0.15) is 5.56 Å². The molecule has 1 aliphatic rings. The van der Waals surface area contributed by atoms with Crippen molar-refractivity contribution < 1.29 is 22.7 Å². The molecule has 0 saturated carbocycles. The Bertz CT molecular complexity index is 1230. The van der Waals surface area contributed by atoms with E-state index in [2.05, 4.69) is 5.32 Å². The minimum atomic E-state index is -3.55. The second-order valence-electron chi connectivity index (χ2n) is 7.52. The van der Waals surface area contributed by atoms with Gasteiger partial charge in [0.25, 0.3) is 5.91 Å². The molecular formula is C23H24N2O5S. The third kappa shape index (κ3) is 4.74. The SMILES string of the molecule is Cc1ccc2c(c1)O[C@H](C(=O)NCCOc1ccc3ccccc3c1)CN2S(C)(=O)=O. The summed E-state index contributed by atoms with van der Waals surface area (Å²) in [6.45, 7) is 2.35. The van der Waals surface area contributed by atoms with Gasteiger partial charge in [0.1, 0.15) is 18.1 Å². The van der Waals surface area contributed by atoms with E-state index < -0.39 is 16.1 Å². The average molecular weight is 441 g/mol. The smallest absolute Gasteiger partial charge is 0.263 e. The molecule has 0 radical (unpaired) electrons. The summed E-state index contributed by atoms with van der Waals surface area (Å²) in [5.41, 5.74) is 1.36. The molecule has 1 N–H and O–H groups in total. The molecule has 0 spiro atoms. The number of amides is 1. The van der Waals surface area contributed by atoms with E-state index in [0.717, 1.165) is 28.3 Å². The predicted octanol–water partition coefficient (Wildman–Crippen LogP) is 2.87. The molecule has 8 heteroatoms. The molecule has 0 fully saturated rings. The Morgan fingerprint density at radius 1 is 1.13 bits per heavy atom. The summed E-state index contributed by atoms with van der Waals surface area (Å²) in [4.78, 5) is 12.6. The van der Waals surface area contributed by atoms with Crippen molar-refractivity contribution in [3.8, 4) is 11.5 Å². The van der Waals surface area contributed by atoms with Crippen molar-refractivity contribution in [2.45, 2.75) is 13.0 Å². The van der Waals surface area contributed by atoms with Crippen LogP contribution in [0, 0.1) is 6.92 Å². The second kappa shape index (κ2) is 8.47. The Kier molecular flexibility index (Phi) is 5.73. The number of hydrogen-bond donors (Lipinski definition) is 1. The lowest BCUT2D eigenvalue weighted by Crippen LogP contribution is -2.51. The van der Waals surface area contributed by atoms with Crippen molar-refractivity contribution in [2.24, 2.45) is 0 Å². The van der Waals surface area contributed by atoms with E-state index in [1.54, 1.807) is 12.1 Å². The van der Waals surface area contributed by atoms with Gasteiger partial charge in [-0.1, -0.05) is 36.4 Å². The van der Waals surface area contributed by atoms with Crippen molar-refractivity contribution in [3.63, 3.8) is 0 Å². The third-order valence-electron chi connectivity index (χ3n) is 5.07. The number of aryl methyl sites for hydroxylation is 1. The zero-order valence-electron chi connectivity index (χ0n) is 17.4. The number of carbonyl (C=O) groups excluding carboxylic acids is 1. The molecule has 0 saturated heterocycles. The highest BCUT2D eigenvalue weighted by Gasteiger charge is 2.34. The van der Waals surface area contributed by atoms with Crippen LogP contribution in [0.5, 0.6) is 11.5 Å². The predicted molar refractivity (Wildman–Crippen MR) is 120 cm³/mol. The number of ether oxygens (including phenoxy) is 2. The van der Waals surface area contributed by atoms with Gasteiger partial charge in [-0.15, -0.1) is 0 Å². The molecule has 1 amide bonds. The van der Waals surface area contributed by atoms with Gasteiger partial charge in [0.2, 0.25) is 10.0 Å². The van der Waals surface area contributed by atoms with Crippen LogP contribution in [0.25, 0.3) is 10.8 Å². The number of rotatable bonds is 6. The topological polar surface area (TPSA) is 84.9 Å². The van der Waals surface area contributed by atoms with E-state index in [4.69, 9.17) is 9.47 Å². The van der Waals surface area contributed by atoms with Gasteiger partial charge >= 0.3 is 0 Å². The quantitative estimate of drug-likeness (QED) is 0.596. The lowest BCUT2D eigenvalue weighted by molar-refractivity contribution is -0.127.